The van der Waals surface area contributed by atoms with E-state index in [1.807, 2.05) is 20.2 Å². The SMILES string of the molecule is CCn1cc(Br)c(C(=O)NCc2cnn(C)c2)n1. The third-order valence-corrected chi connectivity index (χ3v) is 3.05. The second kappa shape index (κ2) is 5.34. The van der Waals surface area contributed by atoms with Crippen molar-refractivity contribution in [2.75, 3.05) is 0 Å². The zero-order valence-corrected chi connectivity index (χ0v) is 11.8. The maximum Gasteiger partial charge on any atom is 0.273 e. The molecule has 1 amide bonds. The van der Waals surface area contributed by atoms with E-state index in [1.54, 1.807) is 21.8 Å². The van der Waals surface area contributed by atoms with E-state index in [0.717, 1.165) is 12.1 Å². The van der Waals surface area contributed by atoms with E-state index < -0.39 is 0 Å². The van der Waals surface area contributed by atoms with E-state index in [1.165, 1.54) is 0 Å². The van der Waals surface area contributed by atoms with Crippen LogP contribution in [0.1, 0.15) is 23.0 Å². The Bertz CT molecular complexity index is 560. The van der Waals surface area contributed by atoms with Crippen LogP contribution in [0.15, 0.2) is 23.1 Å². The van der Waals surface area contributed by atoms with Crippen LogP contribution in [0.2, 0.25) is 0 Å². The first-order valence-electron chi connectivity index (χ1n) is 5.58. The Morgan fingerprint density at radius 1 is 1.50 bits per heavy atom. The molecule has 2 rings (SSSR count). The molecule has 0 bridgehead atoms. The van der Waals surface area contributed by atoms with Crippen LogP contribution in [-0.2, 0) is 20.1 Å². The summed E-state index contributed by atoms with van der Waals surface area (Å²) in [5, 5.41) is 11.0. The van der Waals surface area contributed by atoms with Crippen molar-refractivity contribution in [1.29, 1.82) is 0 Å². The summed E-state index contributed by atoms with van der Waals surface area (Å²) in [7, 11) is 1.84. The lowest BCUT2D eigenvalue weighted by atomic mass is 10.3. The van der Waals surface area contributed by atoms with Crippen molar-refractivity contribution in [2.45, 2.75) is 20.0 Å². The van der Waals surface area contributed by atoms with Gasteiger partial charge in [0.2, 0.25) is 0 Å². The fourth-order valence-corrected chi connectivity index (χ4v) is 2.04. The molecule has 7 heteroatoms. The summed E-state index contributed by atoms with van der Waals surface area (Å²) in [4.78, 5) is 11.9. The predicted molar refractivity (Wildman–Crippen MR) is 70.0 cm³/mol. The van der Waals surface area contributed by atoms with Crippen molar-refractivity contribution >= 4 is 21.8 Å². The van der Waals surface area contributed by atoms with Gasteiger partial charge in [0.05, 0.1) is 10.7 Å². The van der Waals surface area contributed by atoms with Crippen molar-refractivity contribution in [2.24, 2.45) is 7.05 Å². The van der Waals surface area contributed by atoms with Gasteiger partial charge in [-0.3, -0.25) is 14.2 Å². The zero-order valence-electron chi connectivity index (χ0n) is 10.2. The molecule has 0 unspecified atom stereocenters. The van der Waals surface area contributed by atoms with Crippen molar-refractivity contribution in [3.63, 3.8) is 0 Å². The first-order valence-corrected chi connectivity index (χ1v) is 6.38. The third kappa shape index (κ3) is 2.79. The second-order valence-electron chi connectivity index (χ2n) is 3.89. The molecule has 96 valence electrons. The van der Waals surface area contributed by atoms with E-state index in [0.29, 0.717) is 16.7 Å². The topological polar surface area (TPSA) is 64.7 Å². The highest BCUT2D eigenvalue weighted by Gasteiger charge is 2.14. The summed E-state index contributed by atoms with van der Waals surface area (Å²) in [6.07, 6.45) is 5.37. The average Bonchev–Trinajstić information content (AvgIpc) is 2.92. The molecular weight excluding hydrogens is 298 g/mol. The van der Waals surface area contributed by atoms with Crippen molar-refractivity contribution in [3.8, 4) is 0 Å². The summed E-state index contributed by atoms with van der Waals surface area (Å²) < 4.78 is 4.11. The fourth-order valence-electron chi connectivity index (χ4n) is 1.54. The highest BCUT2D eigenvalue weighted by Crippen LogP contribution is 2.14. The van der Waals surface area contributed by atoms with Gasteiger partial charge >= 0.3 is 0 Å². The molecule has 18 heavy (non-hydrogen) atoms. The van der Waals surface area contributed by atoms with Gasteiger partial charge in [-0.25, -0.2) is 0 Å². The Morgan fingerprint density at radius 3 is 2.83 bits per heavy atom. The van der Waals surface area contributed by atoms with Gasteiger partial charge in [0, 0.05) is 38.1 Å². The maximum atomic E-state index is 11.9. The summed E-state index contributed by atoms with van der Waals surface area (Å²) >= 11 is 3.33. The van der Waals surface area contributed by atoms with E-state index in [-0.39, 0.29) is 5.91 Å². The number of amides is 1. The van der Waals surface area contributed by atoms with Crippen LogP contribution in [0.3, 0.4) is 0 Å². The molecule has 0 saturated carbocycles. The van der Waals surface area contributed by atoms with Gasteiger partial charge < -0.3 is 5.32 Å². The number of carbonyl (C=O) groups is 1. The molecule has 0 saturated heterocycles. The van der Waals surface area contributed by atoms with Crippen LogP contribution in [0.25, 0.3) is 0 Å². The second-order valence-corrected chi connectivity index (χ2v) is 4.74. The summed E-state index contributed by atoms with van der Waals surface area (Å²) in [6, 6.07) is 0. The third-order valence-electron chi connectivity index (χ3n) is 2.47. The minimum atomic E-state index is -0.196. The Kier molecular flexibility index (Phi) is 3.81. The minimum Gasteiger partial charge on any atom is -0.346 e. The van der Waals surface area contributed by atoms with Crippen molar-refractivity contribution in [1.82, 2.24) is 24.9 Å². The van der Waals surface area contributed by atoms with Crippen molar-refractivity contribution < 1.29 is 4.79 Å². The number of hydrogen-bond acceptors (Lipinski definition) is 3. The molecule has 0 aliphatic rings. The lowest BCUT2D eigenvalue weighted by Gasteiger charge is -2.01. The molecule has 6 nitrogen and oxygen atoms in total. The predicted octanol–water partition coefficient (Wildman–Crippen LogP) is 1.33. The van der Waals surface area contributed by atoms with Gasteiger partial charge in [-0.05, 0) is 22.9 Å². The van der Waals surface area contributed by atoms with Crippen LogP contribution in [0.4, 0.5) is 0 Å². The number of nitrogens with zero attached hydrogens (tertiary/aromatic N) is 4. The molecule has 0 fully saturated rings. The first-order chi connectivity index (χ1) is 8.60. The number of hydrogen-bond donors (Lipinski definition) is 1. The Hall–Kier alpha value is -1.63. The van der Waals surface area contributed by atoms with Gasteiger partial charge in [0.15, 0.2) is 5.69 Å². The Morgan fingerprint density at radius 2 is 2.28 bits per heavy atom. The van der Waals surface area contributed by atoms with Gasteiger partial charge in [0.1, 0.15) is 0 Å². The van der Waals surface area contributed by atoms with Crippen LogP contribution in [0.5, 0.6) is 0 Å². The Labute approximate surface area is 113 Å². The molecule has 0 aromatic carbocycles. The molecule has 0 radical (unpaired) electrons. The number of carbonyl (C=O) groups excluding carboxylic acids is 1. The normalized spacial score (nSPS) is 10.6. The van der Waals surface area contributed by atoms with Crippen LogP contribution >= 0.6 is 15.9 Å². The maximum absolute atomic E-state index is 11.9. The highest BCUT2D eigenvalue weighted by atomic mass is 79.9. The average molecular weight is 312 g/mol. The van der Waals surface area contributed by atoms with Gasteiger partial charge in [-0.1, -0.05) is 0 Å². The molecule has 0 spiro atoms. The zero-order chi connectivity index (χ0) is 13.1. The lowest BCUT2D eigenvalue weighted by molar-refractivity contribution is 0.0944. The summed E-state index contributed by atoms with van der Waals surface area (Å²) in [5.41, 5.74) is 1.36. The quantitative estimate of drug-likeness (QED) is 0.926. The smallest absolute Gasteiger partial charge is 0.273 e. The monoisotopic (exact) mass is 311 g/mol. The van der Waals surface area contributed by atoms with E-state index in [4.69, 9.17) is 0 Å². The fraction of sp³-hybridized carbons (Fsp3) is 0.364. The number of rotatable bonds is 4. The van der Waals surface area contributed by atoms with Gasteiger partial charge in [-0.15, -0.1) is 0 Å². The van der Waals surface area contributed by atoms with Crippen molar-refractivity contribution in [3.05, 3.63) is 34.3 Å². The Balaban J connectivity index is 2.01. The molecule has 2 aromatic heterocycles. The van der Waals surface area contributed by atoms with E-state index in [2.05, 4.69) is 31.4 Å². The standard InChI is InChI=1S/C11H14BrN5O/c1-3-17-7-9(12)10(15-17)11(18)13-4-8-5-14-16(2)6-8/h5-7H,3-4H2,1-2H3,(H,13,18). The molecule has 2 aromatic rings. The first kappa shape index (κ1) is 12.8. The van der Waals surface area contributed by atoms with Gasteiger partial charge in [-0.2, -0.15) is 10.2 Å². The lowest BCUT2D eigenvalue weighted by Crippen LogP contribution is -2.23. The highest BCUT2D eigenvalue weighted by molar-refractivity contribution is 9.10. The molecule has 0 atom stereocenters. The van der Waals surface area contributed by atoms with E-state index in [9.17, 15) is 4.79 Å². The molecule has 2 heterocycles. The largest absolute Gasteiger partial charge is 0.346 e. The number of nitrogens with one attached hydrogen (secondary N) is 1. The minimum absolute atomic E-state index is 0.196. The van der Waals surface area contributed by atoms with Crippen LogP contribution in [0, 0.1) is 0 Å². The number of aromatic nitrogens is 4. The summed E-state index contributed by atoms with van der Waals surface area (Å²) in [5.74, 6) is -0.196. The number of halogens is 1. The van der Waals surface area contributed by atoms with Crippen LogP contribution < -0.4 is 5.32 Å². The van der Waals surface area contributed by atoms with Crippen LogP contribution in [-0.4, -0.2) is 25.5 Å². The molecular formula is C11H14BrN5O. The molecule has 0 aliphatic carbocycles. The molecule has 0 aliphatic heterocycles. The number of aryl methyl sites for hydroxylation is 2. The van der Waals surface area contributed by atoms with Gasteiger partial charge in [0.25, 0.3) is 5.91 Å². The van der Waals surface area contributed by atoms with E-state index >= 15 is 0 Å². The summed E-state index contributed by atoms with van der Waals surface area (Å²) in [6.45, 7) is 3.14. The molecule has 1 N–H and O–H groups in total.